The Hall–Kier alpha value is -2.07. The summed E-state index contributed by atoms with van der Waals surface area (Å²) in [6, 6.07) is 13.2. The number of carbonyl (C=O) groups is 1. The summed E-state index contributed by atoms with van der Waals surface area (Å²) in [5.74, 6) is 1.39. The van der Waals surface area contributed by atoms with Gasteiger partial charge in [0.1, 0.15) is 24.7 Å². The van der Waals surface area contributed by atoms with Crippen molar-refractivity contribution in [3.05, 3.63) is 70.7 Å². The fraction of sp³-hybridized carbons (Fsp3) is 0.167. The highest BCUT2D eigenvalue weighted by Gasteiger charge is 2.05. The van der Waals surface area contributed by atoms with Gasteiger partial charge in [0.2, 0.25) is 0 Å². The smallest absolute Gasteiger partial charge is 0.153 e. The second kappa shape index (κ2) is 8.39. The summed E-state index contributed by atoms with van der Waals surface area (Å²) in [6.07, 6.45) is 3.39. The zero-order chi connectivity index (χ0) is 15.8. The summed E-state index contributed by atoms with van der Waals surface area (Å²) in [4.78, 5) is 11.0. The normalized spacial score (nSPS) is 10.0. The molecule has 0 atom stereocenters. The van der Waals surface area contributed by atoms with Gasteiger partial charge in [-0.2, -0.15) is 0 Å². The van der Waals surface area contributed by atoms with E-state index in [0.29, 0.717) is 24.5 Å². The molecule has 0 saturated heterocycles. The van der Waals surface area contributed by atoms with Crippen LogP contribution in [0.2, 0.25) is 0 Å². The zero-order valence-electron chi connectivity index (χ0n) is 12.1. The maximum Gasteiger partial charge on any atom is 0.153 e. The Balaban J connectivity index is 1.90. The van der Waals surface area contributed by atoms with Gasteiger partial charge in [-0.05, 0) is 36.2 Å². The lowest BCUT2D eigenvalue weighted by atomic mass is 10.1. The van der Waals surface area contributed by atoms with Crippen molar-refractivity contribution in [2.24, 2.45) is 0 Å². The summed E-state index contributed by atoms with van der Waals surface area (Å²) < 4.78 is 12.2. The third-order valence-corrected chi connectivity index (χ3v) is 3.53. The summed E-state index contributed by atoms with van der Waals surface area (Å²) in [5, 5.41) is 0. The fourth-order valence-electron chi connectivity index (χ4n) is 2.01. The molecule has 0 heterocycles. The van der Waals surface area contributed by atoms with E-state index >= 15 is 0 Å². The first kappa shape index (κ1) is 16.3. The van der Waals surface area contributed by atoms with Crippen LogP contribution in [0, 0.1) is 0 Å². The maximum atomic E-state index is 11.0. The number of allylic oxidation sites excluding steroid dienone is 1. The Morgan fingerprint density at radius 3 is 2.50 bits per heavy atom. The number of ether oxygens (including phenoxy) is 2. The molecule has 0 spiro atoms. The molecular weight excluding hydrogens is 344 g/mol. The van der Waals surface area contributed by atoms with Crippen molar-refractivity contribution in [2.75, 3.05) is 13.2 Å². The van der Waals surface area contributed by atoms with Gasteiger partial charge < -0.3 is 9.47 Å². The van der Waals surface area contributed by atoms with Crippen LogP contribution in [0.15, 0.2) is 59.6 Å². The van der Waals surface area contributed by atoms with Crippen LogP contribution in [0.25, 0.3) is 0 Å². The van der Waals surface area contributed by atoms with Crippen LogP contribution in [0.3, 0.4) is 0 Å². The topological polar surface area (TPSA) is 35.5 Å². The number of para-hydroxylation sites is 1. The molecule has 22 heavy (non-hydrogen) atoms. The largest absolute Gasteiger partial charge is 0.490 e. The van der Waals surface area contributed by atoms with Crippen LogP contribution in [-0.2, 0) is 6.42 Å². The minimum atomic E-state index is 0.366. The van der Waals surface area contributed by atoms with Gasteiger partial charge in [0.05, 0.1) is 5.56 Å². The van der Waals surface area contributed by atoms with Crippen molar-refractivity contribution in [3.8, 4) is 11.5 Å². The van der Waals surface area contributed by atoms with Gasteiger partial charge >= 0.3 is 0 Å². The molecule has 114 valence electrons. The van der Waals surface area contributed by atoms with Gasteiger partial charge in [-0.25, -0.2) is 0 Å². The SMILES string of the molecule is C=CCc1ccccc1OCCOc1ccc(Br)cc1C=O. The standard InChI is InChI=1S/C18H17BrO3/c1-2-5-14-6-3-4-7-17(14)21-10-11-22-18-9-8-16(19)12-15(18)13-20/h2-4,6-9,12-13H,1,5,10-11H2. The first-order chi connectivity index (χ1) is 10.7. The molecule has 0 bridgehead atoms. The summed E-state index contributed by atoms with van der Waals surface area (Å²) in [5.41, 5.74) is 1.61. The second-order valence-corrected chi connectivity index (χ2v) is 5.51. The molecule has 2 rings (SSSR count). The molecule has 0 aliphatic carbocycles. The van der Waals surface area contributed by atoms with Crippen LogP contribution in [0.5, 0.6) is 11.5 Å². The highest BCUT2D eigenvalue weighted by molar-refractivity contribution is 9.10. The van der Waals surface area contributed by atoms with E-state index in [1.807, 2.05) is 36.4 Å². The Morgan fingerprint density at radius 2 is 1.77 bits per heavy atom. The van der Waals surface area contributed by atoms with Crippen molar-refractivity contribution in [3.63, 3.8) is 0 Å². The van der Waals surface area contributed by atoms with Crippen LogP contribution in [0.4, 0.5) is 0 Å². The Kier molecular flexibility index (Phi) is 6.22. The van der Waals surface area contributed by atoms with Gasteiger partial charge in [-0.1, -0.05) is 40.2 Å². The number of rotatable bonds is 8. The molecule has 0 aliphatic rings. The predicted octanol–water partition coefficient (Wildman–Crippen LogP) is 4.45. The third-order valence-electron chi connectivity index (χ3n) is 3.03. The maximum absolute atomic E-state index is 11.0. The summed E-state index contributed by atoms with van der Waals surface area (Å²) in [6.45, 7) is 4.51. The molecule has 3 nitrogen and oxygen atoms in total. The third kappa shape index (κ3) is 4.46. The van der Waals surface area contributed by atoms with E-state index in [4.69, 9.17) is 9.47 Å². The van der Waals surface area contributed by atoms with Gasteiger partial charge in [0.15, 0.2) is 6.29 Å². The number of hydrogen-bond acceptors (Lipinski definition) is 3. The molecule has 0 aliphatic heterocycles. The molecule has 2 aromatic rings. The summed E-state index contributed by atoms with van der Waals surface area (Å²) >= 11 is 3.32. The van der Waals surface area contributed by atoms with E-state index in [-0.39, 0.29) is 0 Å². The number of carbonyl (C=O) groups excluding carboxylic acids is 1. The van der Waals surface area contributed by atoms with Crippen molar-refractivity contribution in [2.45, 2.75) is 6.42 Å². The average molecular weight is 361 g/mol. The van der Waals surface area contributed by atoms with E-state index in [9.17, 15) is 4.79 Å². The second-order valence-electron chi connectivity index (χ2n) is 4.60. The average Bonchev–Trinajstić information content (AvgIpc) is 2.54. The van der Waals surface area contributed by atoms with Crippen LogP contribution in [0.1, 0.15) is 15.9 Å². The number of benzene rings is 2. The van der Waals surface area contributed by atoms with Crippen molar-refractivity contribution in [1.29, 1.82) is 0 Å². The lowest BCUT2D eigenvalue weighted by Gasteiger charge is -2.12. The highest BCUT2D eigenvalue weighted by atomic mass is 79.9. The molecule has 0 amide bonds. The Bertz CT molecular complexity index is 653. The minimum Gasteiger partial charge on any atom is -0.490 e. The van der Waals surface area contributed by atoms with E-state index in [0.717, 1.165) is 28.5 Å². The monoisotopic (exact) mass is 360 g/mol. The van der Waals surface area contributed by atoms with Crippen molar-refractivity contribution >= 4 is 22.2 Å². The number of aldehydes is 1. The molecule has 0 fully saturated rings. The molecule has 0 radical (unpaired) electrons. The zero-order valence-corrected chi connectivity index (χ0v) is 13.7. The molecule has 0 saturated carbocycles. The van der Waals surface area contributed by atoms with Gasteiger partial charge in [-0.3, -0.25) is 4.79 Å². The van der Waals surface area contributed by atoms with Gasteiger partial charge in [-0.15, -0.1) is 6.58 Å². The molecule has 2 aromatic carbocycles. The van der Waals surface area contributed by atoms with Gasteiger partial charge in [0, 0.05) is 4.47 Å². The van der Waals surface area contributed by atoms with E-state index in [1.165, 1.54) is 0 Å². The lowest BCUT2D eigenvalue weighted by Crippen LogP contribution is -2.10. The summed E-state index contributed by atoms with van der Waals surface area (Å²) in [7, 11) is 0. The fourth-order valence-corrected chi connectivity index (χ4v) is 2.39. The van der Waals surface area contributed by atoms with E-state index in [1.54, 1.807) is 12.1 Å². The molecular formula is C18H17BrO3. The van der Waals surface area contributed by atoms with Crippen LogP contribution in [-0.4, -0.2) is 19.5 Å². The lowest BCUT2D eigenvalue weighted by molar-refractivity contribution is 0.111. The quantitative estimate of drug-likeness (QED) is 0.396. The Morgan fingerprint density at radius 1 is 1.05 bits per heavy atom. The molecule has 0 aromatic heterocycles. The first-order valence-corrected chi connectivity index (χ1v) is 7.73. The minimum absolute atomic E-state index is 0.366. The van der Waals surface area contributed by atoms with E-state index < -0.39 is 0 Å². The highest BCUT2D eigenvalue weighted by Crippen LogP contribution is 2.22. The van der Waals surface area contributed by atoms with Crippen LogP contribution < -0.4 is 9.47 Å². The number of hydrogen-bond donors (Lipinski definition) is 0. The van der Waals surface area contributed by atoms with Crippen molar-refractivity contribution in [1.82, 2.24) is 0 Å². The first-order valence-electron chi connectivity index (χ1n) is 6.93. The van der Waals surface area contributed by atoms with Crippen LogP contribution >= 0.6 is 15.9 Å². The van der Waals surface area contributed by atoms with Crippen molar-refractivity contribution < 1.29 is 14.3 Å². The number of halogens is 1. The van der Waals surface area contributed by atoms with E-state index in [2.05, 4.69) is 22.5 Å². The molecule has 4 heteroatoms. The molecule has 0 N–H and O–H groups in total. The predicted molar refractivity (Wildman–Crippen MR) is 90.9 cm³/mol. The Labute approximate surface area is 138 Å². The molecule has 0 unspecified atom stereocenters. The van der Waals surface area contributed by atoms with Gasteiger partial charge in [0.25, 0.3) is 0 Å².